The maximum Gasteiger partial charge on any atom is 0.306 e. The van der Waals surface area contributed by atoms with E-state index in [1.165, 1.54) is 141 Å². The molecule has 4 N–H and O–H groups in total. The fourth-order valence-corrected chi connectivity index (χ4v) is 6.72. The van der Waals surface area contributed by atoms with Crippen LogP contribution in [-0.4, -0.2) is 89.6 Å². The lowest BCUT2D eigenvalue weighted by molar-refractivity contribution is -0.305. The lowest BCUT2D eigenvalue weighted by atomic mass is 9.99. The predicted molar refractivity (Wildman–Crippen MR) is 210 cm³/mol. The van der Waals surface area contributed by atoms with Crippen LogP contribution in [0.5, 0.6) is 0 Å². The lowest BCUT2D eigenvalue weighted by Crippen LogP contribution is -2.59. The maximum absolute atomic E-state index is 12.7. The van der Waals surface area contributed by atoms with Crippen LogP contribution in [0, 0.1) is 0 Å². The molecule has 52 heavy (non-hydrogen) atoms. The summed E-state index contributed by atoms with van der Waals surface area (Å²) in [5.41, 5.74) is 0. The number of aliphatic hydroxyl groups is 4. The highest BCUT2D eigenvalue weighted by Crippen LogP contribution is 2.22. The van der Waals surface area contributed by atoms with Crippen molar-refractivity contribution in [2.75, 3.05) is 26.4 Å². The van der Waals surface area contributed by atoms with Gasteiger partial charge in [0.05, 0.1) is 19.8 Å². The fourth-order valence-electron chi connectivity index (χ4n) is 6.72. The molecule has 0 spiro atoms. The number of allylic oxidation sites excluding steroid dienone is 2. The number of aliphatic hydroxyl groups excluding tert-OH is 4. The highest BCUT2D eigenvalue weighted by atomic mass is 16.7. The summed E-state index contributed by atoms with van der Waals surface area (Å²) in [4.78, 5) is 12.7. The molecule has 9 nitrogen and oxygen atoms in total. The molecule has 0 aromatic rings. The second-order valence-electron chi connectivity index (χ2n) is 15.1. The number of ether oxygens (including phenoxy) is 4. The van der Waals surface area contributed by atoms with Gasteiger partial charge in [0, 0.05) is 13.0 Å². The van der Waals surface area contributed by atoms with Gasteiger partial charge in [-0.3, -0.25) is 4.79 Å². The minimum Gasteiger partial charge on any atom is -0.457 e. The van der Waals surface area contributed by atoms with Gasteiger partial charge in [0.1, 0.15) is 30.5 Å². The Hall–Kier alpha value is -1.07. The summed E-state index contributed by atoms with van der Waals surface area (Å²) < 4.78 is 22.8. The molecule has 0 amide bonds. The molecule has 1 aliphatic heterocycles. The fraction of sp³-hybridized carbons (Fsp3) is 0.930. The van der Waals surface area contributed by atoms with E-state index in [-0.39, 0.29) is 19.2 Å². The molecule has 308 valence electrons. The molecule has 1 rings (SSSR count). The Balaban J connectivity index is 2.27. The Labute approximate surface area is 318 Å². The summed E-state index contributed by atoms with van der Waals surface area (Å²) in [6.45, 7) is 4.55. The average Bonchev–Trinajstić information content (AvgIpc) is 3.14. The van der Waals surface area contributed by atoms with Crippen LogP contribution < -0.4 is 0 Å². The monoisotopic (exact) mass is 743 g/mol. The van der Waals surface area contributed by atoms with E-state index in [0.717, 1.165) is 32.1 Å². The zero-order chi connectivity index (χ0) is 37.9. The zero-order valence-corrected chi connectivity index (χ0v) is 33.6. The van der Waals surface area contributed by atoms with Crippen molar-refractivity contribution in [3.63, 3.8) is 0 Å². The number of carbonyl (C=O) groups is 1. The molecule has 0 aromatic heterocycles. The predicted octanol–water partition coefficient (Wildman–Crippen LogP) is 9.25. The molecule has 9 heteroatoms. The van der Waals surface area contributed by atoms with Crippen molar-refractivity contribution in [3.8, 4) is 0 Å². The summed E-state index contributed by atoms with van der Waals surface area (Å²) >= 11 is 0. The Morgan fingerprint density at radius 3 is 1.60 bits per heavy atom. The van der Waals surface area contributed by atoms with E-state index in [1.807, 2.05) is 0 Å². The molecule has 0 bridgehead atoms. The number of rotatable bonds is 37. The van der Waals surface area contributed by atoms with Crippen molar-refractivity contribution in [1.29, 1.82) is 0 Å². The van der Waals surface area contributed by atoms with Gasteiger partial charge in [0.25, 0.3) is 0 Å². The van der Waals surface area contributed by atoms with Gasteiger partial charge in [0.2, 0.25) is 0 Å². The minimum absolute atomic E-state index is 0.111. The van der Waals surface area contributed by atoms with Crippen LogP contribution in [-0.2, 0) is 23.7 Å². The first-order chi connectivity index (χ1) is 25.4. The second-order valence-corrected chi connectivity index (χ2v) is 15.1. The van der Waals surface area contributed by atoms with Crippen LogP contribution in [0.3, 0.4) is 0 Å². The highest BCUT2D eigenvalue weighted by Gasteiger charge is 2.44. The van der Waals surface area contributed by atoms with Gasteiger partial charge < -0.3 is 39.4 Å². The summed E-state index contributed by atoms with van der Waals surface area (Å²) in [5.74, 6) is -0.313. The van der Waals surface area contributed by atoms with E-state index in [9.17, 15) is 25.2 Å². The third-order valence-electron chi connectivity index (χ3n) is 10.2. The molecule has 0 saturated carbocycles. The summed E-state index contributed by atoms with van der Waals surface area (Å²) in [6, 6.07) is 0. The molecular formula is C43H82O9. The van der Waals surface area contributed by atoms with Crippen molar-refractivity contribution in [2.45, 2.75) is 230 Å². The van der Waals surface area contributed by atoms with Crippen LogP contribution in [0.2, 0.25) is 0 Å². The largest absolute Gasteiger partial charge is 0.457 e. The van der Waals surface area contributed by atoms with Crippen LogP contribution in [0.1, 0.15) is 194 Å². The quantitative estimate of drug-likeness (QED) is 0.0279. The molecule has 1 saturated heterocycles. The SMILES string of the molecule is CCCCC/C=C\CCCCCCCCOCC(COC1OC(CO)C(O)C(O)C1O)OC(=O)CCCCCCCCCCCCCCCCCC. The highest BCUT2D eigenvalue weighted by molar-refractivity contribution is 5.69. The van der Waals surface area contributed by atoms with Crippen LogP contribution >= 0.6 is 0 Å². The first kappa shape index (κ1) is 48.9. The first-order valence-electron chi connectivity index (χ1n) is 21.8. The van der Waals surface area contributed by atoms with Gasteiger partial charge in [0.15, 0.2) is 6.29 Å². The van der Waals surface area contributed by atoms with E-state index in [0.29, 0.717) is 13.0 Å². The van der Waals surface area contributed by atoms with Crippen molar-refractivity contribution < 1.29 is 44.2 Å². The van der Waals surface area contributed by atoms with E-state index in [2.05, 4.69) is 26.0 Å². The lowest BCUT2D eigenvalue weighted by Gasteiger charge is -2.39. The van der Waals surface area contributed by atoms with Crippen LogP contribution in [0.25, 0.3) is 0 Å². The average molecular weight is 743 g/mol. The number of hydrogen-bond acceptors (Lipinski definition) is 9. The Bertz CT molecular complexity index is 807. The van der Waals surface area contributed by atoms with Gasteiger partial charge in [-0.15, -0.1) is 0 Å². The molecule has 6 atom stereocenters. The number of esters is 1. The zero-order valence-electron chi connectivity index (χ0n) is 33.6. The summed E-state index contributed by atoms with van der Waals surface area (Å²) in [5, 5.41) is 40.0. The molecule has 0 aromatic carbocycles. The molecule has 1 heterocycles. The van der Waals surface area contributed by atoms with Gasteiger partial charge in [-0.05, 0) is 38.5 Å². The molecular weight excluding hydrogens is 660 g/mol. The second kappa shape index (κ2) is 35.6. The molecule has 1 fully saturated rings. The number of unbranched alkanes of at least 4 members (excludes halogenated alkanes) is 24. The first-order valence-corrected chi connectivity index (χ1v) is 21.8. The minimum atomic E-state index is -1.53. The van der Waals surface area contributed by atoms with Gasteiger partial charge in [-0.25, -0.2) is 0 Å². The topological polar surface area (TPSA) is 135 Å². The third kappa shape index (κ3) is 26.7. The van der Waals surface area contributed by atoms with E-state index >= 15 is 0 Å². The molecule has 1 aliphatic rings. The van der Waals surface area contributed by atoms with Gasteiger partial charge in [-0.1, -0.05) is 161 Å². The van der Waals surface area contributed by atoms with Crippen molar-refractivity contribution in [1.82, 2.24) is 0 Å². The molecule has 0 radical (unpaired) electrons. The van der Waals surface area contributed by atoms with E-state index in [4.69, 9.17) is 18.9 Å². The summed E-state index contributed by atoms with van der Waals surface area (Å²) in [7, 11) is 0. The van der Waals surface area contributed by atoms with E-state index in [1.54, 1.807) is 0 Å². The summed E-state index contributed by atoms with van der Waals surface area (Å²) in [6.07, 6.45) is 30.9. The normalized spacial score (nSPS) is 21.2. The Kier molecular flexibility index (Phi) is 33.5. The van der Waals surface area contributed by atoms with E-state index < -0.39 is 43.4 Å². The smallest absolute Gasteiger partial charge is 0.306 e. The molecule has 6 unspecified atom stereocenters. The standard InChI is InChI=1S/C43H82O9/c1-3-5-7-9-11-13-15-17-18-19-20-22-24-26-28-30-32-39(45)51-37(36-50-43-42(48)41(47)40(46)38(34-44)52-43)35-49-33-31-29-27-25-23-21-16-14-12-10-8-6-4-2/h12,14,37-38,40-44,46-48H,3-11,13,15-36H2,1-2H3/b14-12-. The van der Waals surface area contributed by atoms with Crippen LogP contribution in [0.15, 0.2) is 12.2 Å². The Morgan fingerprint density at radius 1 is 0.596 bits per heavy atom. The Morgan fingerprint density at radius 2 is 1.06 bits per heavy atom. The molecule has 0 aliphatic carbocycles. The van der Waals surface area contributed by atoms with Crippen molar-refractivity contribution in [2.24, 2.45) is 0 Å². The third-order valence-corrected chi connectivity index (χ3v) is 10.2. The van der Waals surface area contributed by atoms with Crippen molar-refractivity contribution in [3.05, 3.63) is 12.2 Å². The number of carbonyl (C=O) groups excluding carboxylic acids is 1. The van der Waals surface area contributed by atoms with Gasteiger partial charge >= 0.3 is 5.97 Å². The maximum atomic E-state index is 12.7. The van der Waals surface area contributed by atoms with Crippen molar-refractivity contribution >= 4 is 5.97 Å². The van der Waals surface area contributed by atoms with Gasteiger partial charge in [-0.2, -0.15) is 0 Å². The number of hydrogen-bond donors (Lipinski definition) is 4. The van der Waals surface area contributed by atoms with Crippen LogP contribution in [0.4, 0.5) is 0 Å².